The minimum atomic E-state index is -0.727. The predicted molar refractivity (Wildman–Crippen MR) is 250 cm³/mol. The van der Waals surface area contributed by atoms with Gasteiger partial charge in [0.15, 0.2) is 0 Å². The number of aromatic nitrogens is 3. The van der Waals surface area contributed by atoms with Crippen molar-refractivity contribution in [2.45, 2.75) is 58.2 Å². The van der Waals surface area contributed by atoms with Crippen LogP contribution in [0.1, 0.15) is 36.0 Å². The van der Waals surface area contributed by atoms with Gasteiger partial charge in [-0.25, -0.2) is 0 Å². The molecule has 6 aromatic rings. The monoisotopic (exact) mass is 869 g/mol. The highest BCUT2D eigenvalue weighted by molar-refractivity contribution is 5.83. The second-order valence-corrected chi connectivity index (χ2v) is 18.8. The second kappa shape index (κ2) is 19.7. The fraction of sp³-hybridized carbons (Fsp3) is 0.471. The molecule has 0 spiro atoms. The molecule has 3 saturated heterocycles. The molecule has 6 N–H and O–H groups in total. The molecule has 64 heavy (non-hydrogen) atoms. The van der Waals surface area contributed by atoms with E-state index < -0.39 is 35.7 Å². The maximum absolute atomic E-state index is 12.4. The van der Waals surface area contributed by atoms with Crippen LogP contribution >= 0.6 is 0 Å². The van der Waals surface area contributed by atoms with Crippen molar-refractivity contribution in [3.63, 3.8) is 0 Å². The van der Waals surface area contributed by atoms with Gasteiger partial charge in [0.1, 0.15) is 0 Å². The van der Waals surface area contributed by atoms with Crippen molar-refractivity contribution in [1.29, 1.82) is 0 Å². The summed E-state index contributed by atoms with van der Waals surface area (Å²) < 4.78 is 6.89. The molecular weight excluding hydrogens is 807 g/mol. The first-order valence-corrected chi connectivity index (χ1v) is 23.4. The molecule has 0 amide bonds. The van der Waals surface area contributed by atoms with E-state index >= 15 is 0 Å². The molecule has 6 atom stereocenters. The van der Waals surface area contributed by atoms with Gasteiger partial charge in [0, 0.05) is 74.4 Å². The Morgan fingerprint density at radius 3 is 1.08 bits per heavy atom. The number of hydrogen-bond donors (Lipinski definition) is 6. The van der Waals surface area contributed by atoms with Crippen LogP contribution in [0.25, 0.3) is 32.7 Å². The second-order valence-electron chi connectivity index (χ2n) is 18.8. The van der Waals surface area contributed by atoms with E-state index in [0.29, 0.717) is 19.3 Å². The first kappa shape index (κ1) is 43.8. The first-order chi connectivity index (χ1) is 31.2. The van der Waals surface area contributed by atoms with Gasteiger partial charge >= 0.3 is 17.9 Å². The molecule has 13 heteroatoms. The molecule has 0 saturated carbocycles. The molecule has 3 aliphatic heterocycles. The summed E-state index contributed by atoms with van der Waals surface area (Å²) in [5.74, 6) is -3.03. The van der Waals surface area contributed by atoms with Crippen LogP contribution in [-0.2, 0) is 53.3 Å². The minimum absolute atomic E-state index is 0.133. The summed E-state index contributed by atoms with van der Waals surface area (Å²) in [7, 11) is 0. The zero-order valence-electron chi connectivity index (χ0n) is 36.7. The Hall–Kier alpha value is -5.47. The Morgan fingerprint density at radius 1 is 0.500 bits per heavy atom. The van der Waals surface area contributed by atoms with Crippen molar-refractivity contribution in [1.82, 2.24) is 34.6 Å². The van der Waals surface area contributed by atoms with Gasteiger partial charge in [-0.05, 0) is 165 Å². The van der Waals surface area contributed by atoms with E-state index in [9.17, 15) is 29.7 Å². The van der Waals surface area contributed by atoms with Crippen LogP contribution in [0.3, 0.4) is 0 Å². The summed E-state index contributed by atoms with van der Waals surface area (Å²) in [6, 6.07) is 25.6. The zero-order chi connectivity index (χ0) is 44.2. The molecule has 6 heterocycles. The van der Waals surface area contributed by atoms with E-state index in [2.05, 4.69) is 126 Å². The van der Waals surface area contributed by atoms with E-state index in [1.807, 2.05) is 0 Å². The number of benzene rings is 3. The van der Waals surface area contributed by atoms with Gasteiger partial charge in [-0.1, -0.05) is 36.4 Å². The number of carbonyl (C=O) groups is 3. The van der Waals surface area contributed by atoms with Crippen molar-refractivity contribution in [3.8, 4) is 0 Å². The summed E-state index contributed by atoms with van der Waals surface area (Å²) in [4.78, 5) is 39.6. The van der Waals surface area contributed by atoms with Crippen molar-refractivity contribution in [2.75, 3.05) is 58.9 Å². The lowest BCUT2D eigenvalue weighted by Gasteiger charge is -2.24. The lowest BCUT2D eigenvalue weighted by molar-refractivity contribution is -0.144. The molecule has 338 valence electrons. The minimum Gasteiger partial charge on any atom is -0.481 e. The fourth-order valence-electron chi connectivity index (χ4n) is 10.9. The molecular formula is C51H63N7O6. The quantitative estimate of drug-likeness (QED) is 0.0520. The van der Waals surface area contributed by atoms with Gasteiger partial charge in [-0.3, -0.25) is 19.3 Å². The molecule has 0 radical (unpaired) electrons. The van der Waals surface area contributed by atoms with E-state index in [0.717, 1.165) is 147 Å². The molecule has 3 aromatic heterocycles. The fourth-order valence-corrected chi connectivity index (χ4v) is 10.9. The SMILES string of the molecule is O=C(O)C(Cc1ccc2ccn(CCN(CCn3ccc4ccc(CC(C(=O)O)C5CCNC5)cc43)CCn3ccc4ccc(CC(C(=O)O)C5CCNC5)cc43)c2c1)C1CCNC1. The average Bonchev–Trinajstić information content (AvgIpc) is 4.16. The normalized spacial score (nSPS) is 20.5. The number of rotatable bonds is 21. The highest BCUT2D eigenvalue weighted by Crippen LogP contribution is 2.29. The summed E-state index contributed by atoms with van der Waals surface area (Å²) in [5.41, 5.74) is 6.47. The third kappa shape index (κ3) is 9.92. The van der Waals surface area contributed by atoms with E-state index in [1.165, 1.54) is 0 Å². The Balaban J connectivity index is 0.939. The number of nitrogens with zero attached hydrogens (tertiary/aromatic N) is 4. The van der Waals surface area contributed by atoms with E-state index in [4.69, 9.17) is 0 Å². The maximum atomic E-state index is 12.4. The summed E-state index contributed by atoms with van der Waals surface area (Å²) in [6.45, 7) is 9.50. The van der Waals surface area contributed by atoms with Crippen LogP contribution in [-0.4, -0.2) is 111 Å². The molecule has 0 aliphatic carbocycles. The average molecular weight is 870 g/mol. The van der Waals surface area contributed by atoms with Crippen molar-refractivity contribution < 1.29 is 29.7 Å². The Kier molecular flexibility index (Phi) is 13.5. The largest absolute Gasteiger partial charge is 0.481 e. The highest BCUT2D eigenvalue weighted by atomic mass is 16.4. The number of aliphatic carboxylic acids is 3. The molecule has 6 unspecified atom stereocenters. The number of carboxylic acid groups (broad SMARTS) is 3. The number of carboxylic acids is 3. The van der Waals surface area contributed by atoms with Crippen molar-refractivity contribution >= 4 is 50.6 Å². The van der Waals surface area contributed by atoms with Crippen LogP contribution in [0.15, 0.2) is 91.4 Å². The lowest BCUT2D eigenvalue weighted by atomic mass is 9.86. The van der Waals surface area contributed by atoms with E-state index in [1.54, 1.807) is 0 Å². The highest BCUT2D eigenvalue weighted by Gasteiger charge is 2.33. The summed E-state index contributed by atoms with van der Waals surface area (Å²) >= 11 is 0. The molecule has 13 nitrogen and oxygen atoms in total. The number of hydrogen-bond acceptors (Lipinski definition) is 7. The van der Waals surface area contributed by atoms with Crippen molar-refractivity contribution in [3.05, 3.63) is 108 Å². The van der Waals surface area contributed by atoms with Crippen LogP contribution in [0.4, 0.5) is 0 Å². The lowest BCUT2D eigenvalue weighted by Crippen LogP contribution is -2.33. The number of fused-ring (bicyclic) bond motifs is 3. The zero-order valence-corrected chi connectivity index (χ0v) is 36.7. The Bertz CT molecular complexity index is 2300. The predicted octanol–water partition coefficient (Wildman–Crippen LogP) is 5.81. The molecule has 9 rings (SSSR count). The standard InChI is InChI=1S/C51H63N7O6/c59-49(60)43(40-7-13-52-31-40)25-34-1-4-37-10-16-56(46(37)28-34)22-19-55(20-23-57-17-11-38-5-2-35(29-47(38)57)26-44(50(61)62)41-8-14-53-32-41)21-24-58-18-12-39-6-3-36(30-48(39)58)27-45(51(63)64)42-9-15-54-33-42/h1-6,10-12,16-18,28-30,40-45,52-54H,7-9,13-15,19-27,31-33H2,(H,59,60)(H,61,62)(H,63,64). The van der Waals surface area contributed by atoms with Crippen LogP contribution in [0, 0.1) is 35.5 Å². The van der Waals surface area contributed by atoms with Crippen molar-refractivity contribution in [2.24, 2.45) is 35.5 Å². The summed E-state index contributed by atoms with van der Waals surface area (Å²) in [5, 5.41) is 43.9. The van der Waals surface area contributed by atoms with Crippen LogP contribution < -0.4 is 16.0 Å². The van der Waals surface area contributed by atoms with Gasteiger partial charge in [0.2, 0.25) is 0 Å². The first-order valence-electron chi connectivity index (χ1n) is 23.4. The van der Waals surface area contributed by atoms with Gasteiger partial charge in [-0.15, -0.1) is 0 Å². The van der Waals surface area contributed by atoms with Gasteiger partial charge in [0.25, 0.3) is 0 Å². The molecule has 3 aromatic carbocycles. The van der Waals surface area contributed by atoms with E-state index in [-0.39, 0.29) is 17.8 Å². The third-order valence-electron chi connectivity index (χ3n) is 14.8. The topological polar surface area (TPSA) is 166 Å². The summed E-state index contributed by atoms with van der Waals surface area (Å²) in [6.07, 6.45) is 10.6. The van der Waals surface area contributed by atoms with Crippen LogP contribution in [0.2, 0.25) is 0 Å². The maximum Gasteiger partial charge on any atom is 0.307 e. The Labute approximate surface area is 374 Å². The number of nitrogens with one attached hydrogen (secondary N) is 3. The molecule has 0 bridgehead atoms. The van der Waals surface area contributed by atoms with Gasteiger partial charge < -0.3 is 45.0 Å². The molecule has 3 fully saturated rings. The van der Waals surface area contributed by atoms with Gasteiger partial charge in [-0.2, -0.15) is 0 Å². The van der Waals surface area contributed by atoms with Crippen LogP contribution in [0.5, 0.6) is 0 Å². The smallest absolute Gasteiger partial charge is 0.307 e. The molecule has 3 aliphatic rings. The third-order valence-corrected chi connectivity index (χ3v) is 14.8. The van der Waals surface area contributed by atoms with Gasteiger partial charge in [0.05, 0.1) is 17.8 Å². The Morgan fingerprint density at radius 2 is 0.812 bits per heavy atom.